The smallest absolute Gasteiger partial charge is 0.163 e. The van der Waals surface area contributed by atoms with Gasteiger partial charge in [-0.1, -0.05) is 36.4 Å². The van der Waals surface area contributed by atoms with Crippen LogP contribution in [-0.4, -0.2) is 18.7 Å². The van der Waals surface area contributed by atoms with Gasteiger partial charge in [0.2, 0.25) is 0 Å². The zero-order valence-corrected chi connectivity index (χ0v) is 12.5. The third-order valence-corrected chi connectivity index (χ3v) is 3.27. The molecule has 0 aliphatic rings. The Bertz CT molecular complexity index is 655. The molecule has 0 N–H and O–H groups in total. The monoisotopic (exact) mass is 294 g/mol. The van der Waals surface area contributed by atoms with Crippen LogP contribution in [0, 0.1) is 0 Å². The molecule has 0 atom stereocenters. The first-order valence-electron chi connectivity index (χ1n) is 7.12. The van der Waals surface area contributed by atoms with Gasteiger partial charge in [0, 0.05) is 18.4 Å². The van der Waals surface area contributed by atoms with Crippen molar-refractivity contribution in [2.45, 2.75) is 12.8 Å². The van der Waals surface area contributed by atoms with Crippen LogP contribution in [0.5, 0.6) is 5.75 Å². The normalized spacial score (nSPS) is 10.6. The Morgan fingerprint density at radius 2 is 1.64 bits per heavy atom. The summed E-state index contributed by atoms with van der Waals surface area (Å²) in [5, 5.41) is 0. The SMILES string of the molecule is COc1ccc(C(=O)CCC(=O)/C=C/c2ccccc2)cc1. The van der Waals surface area contributed by atoms with Gasteiger partial charge >= 0.3 is 0 Å². The van der Waals surface area contributed by atoms with E-state index < -0.39 is 0 Å². The second kappa shape index (κ2) is 7.93. The Labute approximate surface area is 130 Å². The Morgan fingerprint density at radius 1 is 0.955 bits per heavy atom. The summed E-state index contributed by atoms with van der Waals surface area (Å²) in [7, 11) is 1.58. The van der Waals surface area contributed by atoms with Crippen molar-refractivity contribution in [3.05, 3.63) is 71.8 Å². The molecule has 0 radical (unpaired) electrons. The molecule has 2 aromatic rings. The second-order valence-corrected chi connectivity index (χ2v) is 4.86. The molecule has 3 nitrogen and oxygen atoms in total. The fourth-order valence-corrected chi connectivity index (χ4v) is 1.99. The molecule has 0 saturated heterocycles. The molecular weight excluding hydrogens is 276 g/mol. The third kappa shape index (κ3) is 4.70. The van der Waals surface area contributed by atoms with Crippen molar-refractivity contribution in [2.75, 3.05) is 7.11 Å². The average Bonchev–Trinajstić information content (AvgIpc) is 2.58. The van der Waals surface area contributed by atoms with Crippen molar-refractivity contribution < 1.29 is 14.3 Å². The first-order chi connectivity index (χ1) is 10.7. The maximum atomic E-state index is 12.0. The van der Waals surface area contributed by atoms with E-state index in [2.05, 4.69) is 0 Å². The van der Waals surface area contributed by atoms with E-state index in [0.717, 1.165) is 5.56 Å². The number of rotatable bonds is 7. The Balaban J connectivity index is 1.85. The maximum absolute atomic E-state index is 12.0. The summed E-state index contributed by atoms with van der Waals surface area (Å²) in [6, 6.07) is 16.5. The van der Waals surface area contributed by atoms with Gasteiger partial charge in [-0.3, -0.25) is 9.59 Å². The van der Waals surface area contributed by atoms with Crippen LogP contribution in [0.1, 0.15) is 28.8 Å². The second-order valence-electron chi connectivity index (χ2n) is 4.86. The number of allylic oxidation sites excluding steroid dienone is 1. The number of hydrogen-bond acceptors (Lipinski definition) is 3. The van der Waals surface area contributed by atoms with Crippen LogP contribution in [0.3, 0.4) is 0 Å². The highest BCUT2D eigenvalue weighted by Crippen LogP contribution is 2.13. The number of hydrogen-bond donors (Lipinski definition) is 0. The van der Waals surface area contributed by atoms with Crippen molar-refractivity contribution in [3.8, 4) is 5.75 Å². The molecular formula is C19H18O3. The molecule has 112 valence electrons. The molecule has 0 unspecified atom stereocenters. The zero-order chi connectivity index (χ0) is 15.8. The van der Waals surface area contributed by atoms with Crippen molar-refractivity contribution in [1.82, 2.24) is 0 Å². The Kier molecular flexibility index (Phi) is 5.66. The molecule has 0 spiro atoms. The minimum absolute atomic E-state index is 0.0379. The fourth-order valence-electron chi connectivity index (χ4n) is 1.99. The van der Waals surface area contributed by atoms with E-state index in [4.69, 9.17) is 4.74 Å². The number of benzene rings is 2. The summed E-state index contributed by atoms with van der Waals surface area (Å²) in [5.74, 6) is 0.619. The molecule has 0 saturated carbocycles. The largest absolute Gasteiger partial charge is 0.497 e. The van der Waals surface area contributed by atoms with Gasteiger partial charge in [0.1, 0.15) is 5.75 Å². The van der Waals surface area contributed by atoms with Crippen LogP contribution in [0.25, 0.3) is 6.08 Å². The zero-order valence-electron chi connectivity index (χ0n) is 12.5. The predicted octanol–water partition coefficient (Wildman–Crippen LogP) is 3.94. The molecule has 0 amide bonds. The molecule has 2 rings (SSSR count). The van der Waals surface area contributed by atoms with Gasteiger partial charge in [0.25, 0.3) is 0 Å². The van der Waals surface area contributed by atoms with Crippen LogP contribution in [0.15, 0.2) is 60.7 Å². The molecule has 3 heteroatoms. The first-order valence-corrected chi connectivity index (χ1v) is 7.12. The van der Waals surface area contributed by atoms with Crippen molar-refractivity contribution in [1.29, 1.82) is 0 Å². The lowest BCUT2D eigenvalue weighted by Gasteiger charge is -2.02. The van der Waals surface area contributed by atoms with Gasteiger partial charge in [-0.25, -0.2) is 0 Å². The molecule has 2 aromatic carbocycles. The molecule has 0 aromatic heterocycles. The van der Waals surface area contributed by atoms with E-state index in [1.807, 2.05) is 30.3 Å². The molecule has 0 heterocycles. The van der Waals surface area contributed by atoms with Crippen LogP contribution in [0.4, 0.5) is 0 Å². The highest BCUT2D eigenvalue weighted by Gasteiger charge is 2.08. The lowest BCUT2D eigenvalue weighted by molar-refractivity contribution is -0.114. The van der Waals surface area contributed by atoms with E-state index in [9.17, 15) is 9.59 Å². The molecule has 22 heavy (non-hydrogen) atoms. The summed E-state index contributed by atoms with van der Waals surface area (Å²) in [6.07, 6.45) is 3.72. The fraction of sp³-hybridized carbons (Fsp3) is 0.158. The molecule has 0 aliphatic heterocycles. The topological polar surface area (TPSA) is 43.4 Å². The number of ketones is 2. The number of carbonyl (C=O) groups is 2. The molecule has 0 fully saturated rings. The van der Waals surface area contributed by atoms with Gasteiger partial charge < -0.3 is 4.74 Å². The lowest BCUT2D eigenvalue weighted by atomic mass is 10.0. The maximum Gasteiger partial charge on any atom is 0.163 e. The van der Waals surface area contributed by atoms with E-state index in [1.54, 1.807) is 37.5 Å². The number of ether oxygens (including phenoxy) is 1. The van der Waals surface area contributed by atoms with Gasteiger partial charge in [-0.2, -0.15) is 0 Å². The van der Waals surface area contributed by atoms with Crippen molar-refractivity contribution in [3.63, 3.8) is 0 Å². The van der Waals surface area contributed by atoms with Crippen LogP contribution >= 0.6 is 0 Å². The van der Waals surface area contributed by atoms with E-state index in [0.29, 0.717) is 11.3 Å². The first kappa shape index (κ1) is 15.7. The summed E-state index contributed by atoms with van der Waals surface area (Å²) in [4.78, 5) is 23.8. The Hall–Kier alpha value is -2.68. The minimum atomic E-state index is -0.0503. The highest BCUT2D eigenvalue weighted by atomic mass is 16.5. The van der Waals surface area contributed by atoms with Crippen LogP contribution < -0.4 is 4.74 Å². The average molecular weight is 294 g/mol. The molecule has 0 aliphatic carbocycles. The number of methoxy groups -OCH3 is 1. The molecule has 0 bridgehead atoms. The van der Waals surface area contributed by atoms with Crippen molar-refractivity contribution in [2.24, 2.45) is 0 Å². The van der Waals surface area contributed by atoms with E-state index in [1.165, 1.54) is 6.08 Å². The predicted molar refractivity (Wildman–Crippen MR) is 87.0 cm³/mol. The van der Waals surface area contributed by atoms with E-state index in [-0.39, 0.29) is 24.4 Å². The third-order valence-electron chi connectivity index (χ3n) is 3.27. The summed E-state index contributed by atoms with van der Waals surface area (Å²) in [5.41, 5.74) is 1.57. The van der Waals surface area contributed by atoms with E-state index >= 15 is 0 Å². The number of carbonyl (C=O) groups excluding carboxylic acids is 2. The van der Waals surface area contributed by atoms with Crippen LogP contribution in [0.2, 0.25) is 0 Å². The Morgan fingerprint density at radius 3 is 2.27 bits per heavy atom. The lowest BCUT2D eigenvalue weighted by Crippen LogP contribution is -2.02. The summed E-state index contributed by atoms with van der Waals surface area (Å²) in [6.45, 7) is 0. The summed E-state index contributed by atoms with van der Waals surface area (Å²) >= 11 is 0. The highest BCUT2D eigenvalue weighted by molar-refractivity contribution is 6.01. The van der Waals surface area contributed by atoms with Crippen LogP contribution in [-0.2, 0) is 4.79 Å². The van der Waals surface area contributed by atoms with Gasteiger partial charge in [0.05, 0.1) is 7.11 Å². The number of Topliss-reactive ketones (excluding diaryl/α,β-unsaturated/α-hetero) is 1. The van der Waals surface area contributed by atoms with Gasteiger partial charge in [0.15, 0.2) is 11.6 Å². The summed E-state index contributed by atoms with van der Waals surface area (Å²) < 4.78 is 5.05. The quantitative estimate of drug-likeness (QED) is 0.574. The van der Waals surface area contributed by atoms with Gasteiger partial charge in [-0.05, 0) is 35.9 Å². The van der Waals surface area contributed by atoms with Crippen molar-refractivity contribution >= 4 is 17.6 Å². The minimum Gasteiger partial charge on any atom is -0.497 e. The standard InChI is InChI=1S/C19H18O3/c1-22-18-12-8-16(9-13-18)19(21)14-11-17(20)10-7-15-5-3-2-4-6-15/h2-10,12-13H,11,14H2,1H3/b10-7+. The van der Waals surface area contributed by atoms with Gasteiger partial charge in [-0.15, -0.1) is 0 Å².